The van der Waals surface area contributed by atoms with E-state index in [1.54, 1.807) is 5.01 Å². The highest BCUT2D eigenvalue weighted by molar-refractivity contribution is 6.06. The summed E-state index contributed by atoms with van der Waals surface area (Å²) >= 11 is 0. The lowest BCUT2D eigenvalue weighted by atomic mass is 10.3. The van der Waals surface area contributed by atoms with E-state index in [4.69, 9.17) is 0 Å². The van der Waals surface area contributed by atoms with Crippen molar-refractivity contribution in [3.8, 4) is 0 Å². The second-order valence-corrected chi connectivity index (χ2v) is 3.73. The van der Waals surface area contributed by atoms with Gasteiger partial charge in [-0.25, -0.2) is 5.01 Å². The fourth-order valence-corrected chi connectivity index (χ4v) is 1.66. The van der Waals surface area contributed by atoms with Crippen molar-refractivity contribution in [1.82, 2.24) is 5.01 Å². The third kappa shape index (κ3) is 1.91. The van der Waals surface area contributed by atoms with Crippen LogP contribution in [0.25, 0.3) is 0 Å². The van der Waals surface area contributed by atoms with Crippen LogP contribution in [0.15, 0.2) is 35.3 Å². The van der Waals surface area contributed by atoms with Crippen LogP contribution in [0, 0.1) is 0 Å². The zero-order valence-electron chi connectivity index (χ0n) is 9.47. The van der Waals surface area contributed by atoms with Gasteiger partial charge in [-0.2, -0.15) is 0 Å². The van der Waals surface area contributed by atoms with Crippen molar-refractivity contribution >= 4 is 17.4 Å². The van der Waals surface area contributed by atoms with Crippen molar-refractivity contribution in [2.75, 3.05) is 5.43 Å². The Bertz CT molecular complexity index is 414. The number of aliphatic imine (C=N–C) groups is 1. The minimum absolute atomic E-state index is 0.000651. The molecule has 4 heteroatoms. The quantitative estimate of drug-likeness (QED) is 0.842. The van der Waals surface area contributed by atoms with Crippen LogP contribution in [-0.2, 0) is 4.79 Å². The molecule has 1 atom stereocenters. The number of hydrogen-bond donors (Lipinski definition) is 1. The Morgan fingerprint density at radius 1 is 1.38 bits per heavy atom. The largest absolute Gasteiger partial charge is 0.290 e. The lowest BCUT2D eigenvalue weighted by Crippen LogP contribution is -2.39. The van der Waals surface area contributed by atoms with E-state index in [1.165, 1.54) is 0 Å². The number of nitrogens with one attached hydrogen (secondary N) is 1. The first-order chi connectivity index (χ1) is 7.72. The fourth-order valence-electron chi connectivity index (χ4n) is 1.66. The van der Waals surface area contributed by atoms with Gasteiger partial charge in [-0.1, -0.05) is 25.1 Å². The zero-order valence-corrected chi connectivity index (χ0v) is 9.47. The van der Waals surface area contributed by atoms with Gasteiger partial charge in [0.1, 0.15) is 11.9 Å². The smallest absolute Gasteiger partial charge is 0.271 e. The molecule has 2 rings (SSSR count). The highest BCUT2D eigenvalue weighted by atomic mass is 16.2. The molecule has 0 fully saturated rings. The number of carbonyl (C=O) groups excluding carboxylic acids is 1. The summed E-state index contributed by atoms with van der Waals surface area (Å²) < 4.78 is 0. The van der Waals surface area contributed by atoms with Crippen LogP contribution in [-0.4, -0.2) is 22.8 Å². The van der Waals surface area contributed by atoms with Gasteiger partial charge in [0.25, 0.3) is 5.91 Å². The summed E-state index contributed by atoms with van der Waals surface area (Å²) in [5.41, 5.74) is 3.97. The molecule has 0 aromatic heterocycles. The van der Waals surface area contributed by atoms with Crippen LogP contribution >= 0.6 is 0 Å². The lowest BCUT2D eigenvalue weighted by Gasteiger charge is -2.20. The van der Waals surface area contributed by atoms with Crippen molar-refractivity contribution in [2.24, 2.45) is 4.99 Å². The van der Waals surface area contributed by atoms with Crippen LogP contribution in [0.4, 0.5) is 5.69 Å². The number of amidine groups is 1. The molecule has 0 saturated carbocycles. The molecule has 1 heterocycles. The van der Waals surface area contributed by atoms with E-state index in [0.717, 1.165) is 17.9 Å². The molecule has 0 radical (unpaired) electrons. The summed E-state index contributed by atoms with van der Waals surface area (Å²) in [5, 5.41) is 1.54. The normalized spacial score (nSPS) is 19.9. The monoisotopic (exact) mass is 217 g/mol. The Morgan fingerprint density at radius 2 is 2.06 bits per heavy atom. The van der Waals surface area contributed by atoms with Crippen molar-refractivity contribution in [3.63, 3.8) is 0 Å². The third-order valence-corrected chi connectivity index (χ3v) is 2.51. The number of rotatable bonds is 3. The van der Waals surface area contributed by atoms with Crippen molar-refractivity contribution in [3.05, 3.63) is 30.3 Å². The summed E-state index contributed by atoms with van der Waals surface area (Å²) in [7, 11) is 0. The number of carbonyl (C=O) groups is 1. The SMILES string of the molecule is CCC1=N[C@@H](C)C(=O)N1Nc1ccccc1. The first-order valence-corrected chi connectivity index (χ1v) is 5.44. The molecule has 0 aliphatic carbocycles. The van der Waals surface area contributed by atoms with Crippen LogP contribution in [0.1, 0.15) is 20.3 Å². The molecule has 0 bridgehead atoms. The summed E-state index contributed by atoms with van der Waals surface area (Å²) in [6, 6.07) is 9.36. The Labute approximate surface area is 95.0 Å². The summed E-state index contributed by atoms with van der Waals surface area (Å²) in [4.78, 5) is 16.1. The maximum absolute atomic E-state index is 11.8. The Hall–Kier alpha value is -1.84. The molecule has 1 amide bonds. The second-order valence-electron chi connectivity index (χ2n) is 3.73. The molecular weight excluding hydrogens is 202 g/mol. The first kappa shape index (κ1) is 10.7. The van der Waals surface area contributed by atoms with Gasteiger partial charge < -0.3 is 0 Å². The van der Waals surface area contributed by atoms with Gasteiger partial charge in [-0.3, -0.25) is 15.2 Å². The van der Waals surface area contributed by atoms with E-state index in [-0.39, 0.29) is 11.9 Å². The van der Waals surface area contributed by atoms with Crippen LogP contribution in [0.5, 0.6) is 0 Å². The van der Waals surface area contributed by atoms with Gasteiger partial charge in [-0.05, 0) is 19.1 Å². The number of nitrogens with zero attached hydrogens (tertiary/aromatic N) is 2. The van der Waals surface area contributed by atoms with Gasteiger partial charge in [0, 0.05) is 6.42 Å². The maximum atomic E-state index is 11.8. The standard InChI is InChI=1S/C12H15N3O/c1-3-11-13-9(2)12(16)15(11)14-10-7-5-4-6-8-10/h4-9,14H,3H2,1-2H3/t9-/m0/s1. The number of amides is 1. The minimum Gasteiger partial charge on any atom is -0.290 e. The van der Waals surface area contributed by atoms with Crippen molar-refractivity contribution in [2.45, 2.75) is 26.3 Å². The van der Waals surface area contributed by atoms with E-state index < -0.39 is 0 Å². The van der Waals surface area contributed by atoms with E-state index in [9.17, 15) is 4.79 Å². The third-order valence-electron chi connectivity index (χ3n) is 2.51. The predicted octanol–water partition coefficient (Wildman–Crippen LogP) is 2.05. The Kier molecular flexibility index (Phi) is 2.90. The highest BCUT2D eigenvalue weighted by Crippen LogP contribution is 2.15. The van der Waals surface area contributed by atoms with Gasteiger partial charge >= 0.3 is 0 Å². The average molecular weight is 217 g/mol. The van der Waals surface area contributed by atoms with Crippen LogP contribution in [0.3, 0.4) is 0 Å². The average Bonchev–Trinajstić information content (AvgIpc) is 2.58. The lowest BCUT2D eigenvalue weighted by molar-refractivity contribution is -0.126. The molecule has 4 nitrogen and oxygen atoms in total. The molecule has 84 valence electrons. The van der Waals surface area contributed by atoms with Crippen molar-refractivity contribution in [1.29, 1.82) is 0 Å². The molecule has 0 unspecified atom stereocenters. The molecule has 1 aliphatic heterocycles. The molecule has 1 aromatic carbocycles. The molecule has 1 aromatic rings. The number of benzene rings is 1. The van der Waals surface area contributed by atoms with Crippen LogP contribution < -0.4 is 5.43 Å². The molecule has 1 N–H and O–H groups in total. The Morgan fingerprint density at radius 3 is 2.69 bits per heavy atom. The minimum atomic E-state index is -0.272. The predicted molar refractivity (Wildman–Crippen MR) is 64.1 cm³/mol. The van der Waals surface area contributed by atoms with Gasteiger partial charge in [0.2, 0.25) is 0 Å². The van der Waals surface area contributed by atoms with Crippen LogP contribution in [0.2, 0.25) is 0 Å². The second kappa shape index (κ2) is 4.35. The van der Waals surface area contributed by atoms with Gasteiger partial charge in [0.05, 0.1) is 5.69 Å². The fraction of sp³-hybridized carbons (Fsp3) is 0.333. The van der Waals surface area contributed by atoms with E-state index in [1.807, 2.05) is 44.2 Å². The molecule has 16 heavy (non-hydrogen) atoms. The van der Waals surface area contributed by atoms with E-state index >= 15 is 0 Å². The summed E-state index contributed by atoms with van der Waals surface area (Å²) in [6.07, 6.45) is 0.746. The zero-order chi connectivity index (χ0) is 11.5. The van der Waals surface area contributed by atoms with Gasteiger partial charge in [0.15, 0.2) is 0 Å². The molecule has 0 saturated heterocycles. The maximum Gasteiger partial charge on any atom is 0.271 e. The highest BCUT2D eigenvalue weighted by Gasteiger charge is 2.30. The summed E-state index contributed by atoms with van der Waals surface area (Å²) in [5.74, 6) is 0.794. The van der Waals surface area contributed by atoms with Crippen molar-refractivity contribution < 1.29 is 4.79 Å². The topological polar surface area (TPSA) is 44.7 Å². The first-order valence-electron chi connectivity index (χ1n) is 5.44. The van der Waals surface area contributed by atoms with E-state index in [0.29, 0.717) is 0 Å². The number of hydrogen-bond acceptors (Lipinski definition) is 3. The van der Waals surface area contributed by atoms with E-state index in [2.05, 4.69) is 10.4 Å². The van der Waals surface area contributed by atoms with Gasteiger partial charge in [-0.15, -0.1) is 0 Å². The number of anilines is 1. The number of para-hydroxylation sites is 1. The summed E-state index contributed by atoms with van der Waals surface area (Å²) in [6.45, 7) is 3.80. The Balaban J connectivity index is 2.16. The molecule has 0 spiro atoms. The molecule has 1 aliphatic rings. The number of hydrazine groups is 1. The molecular formula is C12H15N3O.